The number of nitrogens with zero attached hydrogens (tertiary/aromatic N) is 1. The maximum atomic E-state index is 11.8. The number of aliphatic carboxylic acids is 1. The summed E-state index contributed by atoms with van der Waals surface area (Å²) in [6.07, 6.45) is -1.67. The third kappa shape index (κ3) is 3.03. The summed E-state index contributed by atoms with van der Waals surface area (Å²) in [6.45, 7) is -0.451. The number of alkyl halides is 2. The fraction of sp³-hybridized carbons (Fsp3) is 0.750. The second-order valence-corrected chi connectivity index (χ2v) is 3.27. The van der Waals surface area contributed by atoms with Gasteiger partial charge in [0.05, 0.1) is 6.54 Å². The molecule has 86 valence electrons. The molecule has 0 aromatic carbocycles. The predicted molar refractivity (Wildman–Crippen MR) is 46.8 cm³/mol. The number of rotatable bonds is 3. The minimum atomic E-state index is -2.63. The highest BCUT2D eigenvalue weighted by molar-refractivity contribution is 5.83. The standard InChI is InChI=1S/C8H12F2N2O3/c9-6(10)4-11-8(15)12-3-1-2-5(12)7(13)14/h5-6H,1-4H2,(H,11,15)(H,13,14). The summed E-state index contributed by atoms with van der Waals surface area (Å²) in [5.74, 6) is -1.10. The van der Waals surface area contributed by atoms with Gasteiger partial charge in [0, 0.05) is 6.54 Å². The first-order chi connectivity index (χ1) is 7.02. The number of nitrogens with one attached hydrogen (secondary N) is 1. The summed E-state index contributed by atoms with van der Waals surface area (Å²) < 4.78 is 23.6. The van der Waals surface area contributed by atoms with Gasteiger partial charge in [0.1, 0.15) is 6.04 Å². The summed E-state index contributed by atoms with van der Waals surface area (Å²) in [5, 5.41) is 10.7. The summed E-state index contributed by atoms with van der Waals surface area (Å²) >= 11 is 0. The molecule has 0 bridgehead atoms. The van der Waals surface area contributed by atoms with Gasteiger partial charge in [0.25, 0.3) is 6.43 Å². The van der Waals surface area contributed by atoms with Crippen LogP contribution in [0.5, 0.6) is 0 Å². The van der Waals surface area contributed by atoms with Gasteiger partial charge in [-0.1, -0.05) is 0 Å². The second kappa shape index (κ2) is 4.90. The van der Waals surface area contributed by atoms with Crippen LogP contribution in [0.4, 0.5) is 13.6 Å². The van der Waals surface area contributed by atoms with Gasteiger partial charge < -0.3 is 15.3 Å². The molecule has 1 heterocycles. The lowest BCUT2D eigenvalue weighted by molar-refractivity contribution is -0.141. The topological polar surface area (TPSA) is 69.6 Å². The van der Waals surface area contributed by atoms with E-state index in [4.69, 9.17) is 5.11 Å². The number of carbonyl (C=O) groups is 2. The van der Waals surface area contributed by atoms with E-state index in [0.717, 1.165) is 4.90 Å². The van der Waals surface area contributed by atoms with Gasteiger partial charge in [-0.25, -0.2) is 18.4 Å². The van der Waals surface area contributed by atoms with Gasteiger partial charge in [-0.3, -0.25) is 0 Å². The van der Waals surface area contributed by atoms with Crippen LogP contribution in [0.25, 0.3) is 0 Å². The Morgan fingerprint density at radius 1 is 1.53 bits per heavy atom. The van der Waals surface area contributed by atoms with Crippen molar-refractivity contribution in [1.82, 2.24) is 10.2 Å². The third-order valence-electron chi connectivity index (χ3n) is 2.21. The number of carboxylic acids is 1. The Labute approximate surface area is 85.0 Å². The van der Waals surface area contributed by atoms with Crippen molar-refractivity contribution in [3.63, 3.8) is 0 Å². The molecule has 1 rings (SSSR count). The van der Waals surface area contributed by atoms with E-state index >= 15 is 0 Å². The van der Waals surface area contributed by atoms with Gasteiger partial charge in [0.2, 0.25) is 0 Å². The van der Waals surface area contributed by atoms with Crippen LogP contribution in [0.1, 0.15) is 12.8 Å². The number of likely N-dealkylation sites (tertiary alicyclic amines) is 1. The highest BCUT2D eigenvalue weighted by Gasteiger charge is 2.33. The van der Waals surface area contributed by atoms with Crippen molar-refractivity contribution in [2.45, 2.75) is 25.3 Å². The van der Waals surface area contributed by atoms with Gasteiger partial charge in [0.15, 0.2) is 0 Å². The zero-order valence-electron chi connectivity index (χ0n) is 7.95. The number of amides is 2. The molecule has 5 nitrogen and oxygen atoms in total. The first-order valence-corrected chi connectivity index (χ1v) is 4.58. The number of hydrogen-bond donors (Lipinski definition) is 2. The highest BCUT2D eigenvalue weighted by atomic mass is 19.3. The summed E-state index contributed by atoms with van der Waals surface area (Å²) in [5.41, 5.74) is 0. The van der Waals surface area contributed by atoms with Gasteiger partial charge in [-0.15, -0.1) is 0 Å². The average molecular weight is 222 g/mol. The first kappa shape index (κ1) is 11.7. The van der Waals surface area contributed by atoms with Crippen molar-refractivity contribution in [2.24, 2.45) is 0 Å². The second-order valence-electron chi connectivity index (χ2n) is 3.27. The minimum Gasteiger partial charge on any atom is -0.480 e. The van der Waals surface area contributed by atoms with Crippen molar-refractivity contribution in [3.05, 3.63) is 0 Å². The highest BCUT2D eigenvalue weighted by Crippen LogP contribution is 2.17. The molecular formula is C8H12F2N2O3. The van der Waals surface area contributed by atoms with Crippen LogP contribution in [0, 0.1) is 0 Å². The molecule has 1 saturated heterocycles. The van der Waals surface area contributed by atoms with Crippen molar-refractivity contribution < 1.29 is 23.5 Å². The Hall–Kier alpha value is -1.40. The number of urea groups is 1. The number of halogens is 2. The Morgan fingerprint density at radius 2 is 2.20 bits per heavy atom. The van der Waals surface area contributed by atoms with Crippen LogP contribution in [0.3, 0.4) is 0 Å². The summed E-state index contributed by atoms with van der Waals surface area (Å²) in [6, 6.07) is -1.62. The van der Waals surface area contributed by atoms with E-state index in [1.54, 1.807) is 0 Å². The quantitative estimate of drug-likeness (QED) is 0.731. The van der Waals surface area contributed by atoms with Crippen molar-refractivity contribution in [3.8, 4) is 0 Å². The van der Waals surface area contributed by atoms with Gasteiger partial charge in [-0.05, 0) is 12.8 Å². The molecular weight excluding hydrogens is 210 g/mol. The zero-order valence-corrected chi connectivity index (χ0v) is 7.95. The molecule has 15 heavy (non-hydrogen) atoms. The summed E-state index contributed by atoms with van der Waals surface area (Å²) in [4.78, 5) is 23.0. The lowest BCUT2D eigenvalue weighted by Crippen LogP contribution is -2.47. The van der Waals surface area contributed by atoms with E-state index in [1.165, 1.54) is 0 Å². The monoisotopic (exact) mass is 222 g/mol. The molecule has 0 aromatic rings. The molecule has 1 unspecified atom stereocenters. The van der Waals surface area contributed by atoms with Crippen LogP contribution in [-0.4, -0.2) is 47.6 Å². The number of carbonyl (C=O) groups excluding carboxylic acids is 1. The molecule has 0 radical (unpaired) electrons. The predicted octanol–water partition coefficient (Wildman–Crippen LogP) is 0.510. The maximum Gasteiger partial charge on any atom is 0.326 e. The molecule has 1 fully saturated rings. The van der Waals surface area contributed by atoms with Gasteiger partial charge >= 0.3 is 12.0 Å². The molecule has 0 aliphatic carbocycles. The Balaban J connectivity index is 2.47. The largest absolute Gasteiger partial charge is 0.480 e. The van der Waals surface area contributed by atoms with E-state index in [-0.39, 0.29) is 0 Å². The molecule has 2 N–H and O–H groups in total. The van der Waals surface area contributed by atoms with E-state index in [2.05, 4.69) is 0 Å². The SMILES string of the molecule is O=C(O)C1CCCN1C(=O)NCC(F)F. The fourth-order valence-electron chi connectivity index (χ4n) is 1.53. The first-order valence-electron chi connectivity index (χ1n) is 4.58. The smallest absolute Gasteiger partial charge is 0.326 e. The van der Waals surface area contributed by atoms with Crippen LogP contribution >= 0.6 is 0 Å². The van der Waals surface area contributed by atoms with Crippen molar-refractivity contribution in [1.29, 1.82) is 0 Å². The minimum absolute atomic E-state index is 0.298. The Kier molecular flexibility index (Phi) is 3.81. The number of hydrogen-bond acceptors (Lipinski definition) is 2. The van der Waals surface area contributed by atoms with E-state index < -0.39 is 31.0 Å². The van der Waals surface area contributed by atoms with E-state index in [0.29, 0.717) is 19.4 Å². The Bertz CT molecular complexity index is 260. The van der Waals surface area contributed by atoms with Crippen molar-refractivity contribution in [2.75, 3.05) is 13.1 Å². The molecule has 7 heteroatoms. The van der Waals surface area contributed by atoms with Crippen LogP contribution in [0.15, 0.2) is 0 Å². The van der Waals surface area contributed by atoms with Crippen LogP contribution in [0.2, 0.25) is 0 Å². The molecule has 1 aliphatic heterocycles. The molecule has 0 saturated carbocycles. The molecule has 1 atom stereocenters. The van der Waals surface area contributed by atoms with Crippen LogP contribution < -0.4 is 5.32 Å². The molecule has 1 aliphatic rings. The molecule has 0 spiro atoms. The number of carboxylic acid groups (broad SMARTS) is 1. The lowest BCUT2D eigenvalue weighted by atomic mass is 10.2. The molecule has 0 aromatic heterocycles. The Morgan fingerprint density at radius 3 is 2.73 bits per heavy atom. The fourth-order valence-corrected chi connectivity index (χ4v) is 1.53. The normalized spacial score (nSPS) is 20.7. The maximum absolute atomic E-state index is 11.8. The zero-order chi connectivity index (χ0) is 11.4. The van der Waals surface area contributed by atoms with E-state index in [9.17, 15) is 18.4 Å². The molecule has 2 amide bonds. The van der Waals surface area contributed by atoms with Crippen molar-refractivity contribution >= 4 is 12.0 Å². The third-order valence-corrected chi connectivity index (χ3v) is 2.21. The van der Waals surface area contributed by atoms with Gasteiger partial charge in [-0.2, -0.15) is 0 Å². The lowest BCUT2D eigenvalue weighted by Gasteiger charge is -2.21. The van der Waals surface area contributed by atoms with Crippen LogP contribution in [-0.2, 0) is 4.79 Å². The average Bonchev–Trinajstić information content (AvgIpc) is 2.62. The summed E-state index contributed by atoms with van der Waals surface area (Å²) in [7, 11) is 0. The van der Waals surface area contributed by atoms with E-state index in [1.807, 2.05) is 5.32 Å².